The smallest absolute Gasteiger partial charge is 0.261 e. The van der Waals surface area contributed by atoms with Crippen LogP contribution in [0.25, 0.3) is 0 Å². The summed E-state index contributed by atoms with van der Waals surface area (Å²) in [6.07, 6.45) is -0.407. The monoisotopic (exact) mass is 384 g/mol. The zero-order chi connectivity index (χ0) is 20.3. The highest BCUT2D eigenvalue weighted by Gasteiger charge is 2.51. The highest BCUT2D eigenvalue weighted by molar-refractivity contribution is 6.99. The Kier molecular flexibility index (Phi) is 6.72. The molecule has 2 rings (SSSR count). The minimum atomic E-state index is -2.55. The van der Waals surface area contributed by atoms with Crippen molar-refractivity contribution in [3.63, 3.8) is 0 Å². The Balaban J connectivity index is 2.56. The van der Waals surface area contributed by atoms with Crippen LogP contribution in [0, 0.1) is 11.3 Å². The molecule has 148 valence electrons. The first kappa shape index (κ1) is 21.9. The van der Waals surface area contributed by atoms with Gasteiger partial charge in [0.15, 0.2) is 0 Å². The largest absolute Gasteiger partial charge is 0.407 e. The number of hydrogen-bond donors (Lipinski definition) is 1. The molecule has 0 bridgehead atoms. The topological polar surface area (TPSA) is 29.5 Å². The van der Waals surface area contributed by atoms with Crippen LogP contribution in [0.15, 0.2) is 60.7 Å². The van der Waals surface area contributed by atoms with E-state index in [9.17, 15) is 5.11 Å². The Morgan fingerprint density at radius 1 is 0.815 bits per heavy atom. The van der Waals surface area contributed by atoms with E-state index in [2.05, 4.69) is 109 Å². The maximum atomic E-state index is 10.7. The molecule has 2 nitrogen and oxygen atoms in total. The van der Waals surface area contributed by atoms with Gasteiger partial charge >= 0.3 is 0 Å². The number of rotatable bonds is 7. The first-order valence-corrected chi connectivity index (χ1v) is 11.9. The van der Waals surface area contributed by atoms with Crippen LogP contribution in [-0.2, 0) is 4.43 Å². The third kappa shape index (κ3) is 4.53. The lowest BCUT2D eigenvalue weighted by molar-refractivity contribution is -0.0163. The van der Waals surface area contributed by atoms with Gasteiger partial charge in [0.25, 0.3) is 8.32 Å². The summed E-state index contributed by atoms with van der Waals surface area (Å²) in [7, 11) is -2.55. The second-order valence-electron chi connectivity index (χ2n) is 9.63. The van der Waals surface area contributed by atoms with E-state index >= 15 is 0 Å². The van der Waals surface area contributed by atoms with Crippen LogP contribution in [-0.4, -0.2) is 26.1 Å². The molecule has 0 heterocycles. The maximum absolute atomic E-state index is 10.7. The molecule has 0 aromatic heterocycles. The zero-order valence-corrected chi connectivity index (χ0v) is 19.0. The first-order valence-electron chi connectivity index (χ1n) is 9.95. The summed E-state index contributed by atoms with van der Waals surface area (Å²) in [4.78, 5) is 0. The molecule has 0 fully saturated rings. The molecule has 1 unspecified atom stereocenters. The van der Waals surface area contributed by atoms with Crippen molar-refractivity contribution in [3.8, 4) is 0 Å². The van der Waals surface area contributed by atoms with Crippen molar-refractivity contribution in [1.29, 1.82) is 0 Å². The minimum Gasteiger partial charge on any atom is -0.407 e. The normalized spacial score (nSPS) is 14.4. The molecule has 0 amide bonds. The second-order valence-corrected chi connectivity index (χ2v) is 13.9. The third-order valence-electron chi connectivity index (χ3n) is 5.51. The molecule has 1 N–H and O–H groups in total. The summed E-state index contributed by atoms with van der Waals surface area (Å²) < 4.78 is 6.98. The molecule has 27 heavy (non-hydrogen) atoms. The zero-order valence-electron chi connectivity index (χ0n) is 18.0. The molecule has 0 saturated carbocycles. The predicted molar refractivity (Wildman–Crippen MR) is 118 cm³/mol. The number of benzene rings is 2. The lowest BCUT2D eigenvalue weighted by Gasteiger charge is -2.45. The van der Waals surface area contributed by atoms with Crippen LogP contribution in [0.3, 0.4) is 0 Å². The molecule has 2 aromatic carbocycles. The van der Waals surface area contributed by atoms with Gasteiger partial charge in [-0.25, -0.2) is 0 Å². The number of aliphatic hydroxyl groups is 1. The van der Waals surface area contributed by atoms with E-state index in [-0.39, 0.29) is 16.4 Å². The summed E-state index contributed by atoms with van der Waals surface area (Å²) in [5, 5.41) is 13.2. The number of hydrogen-bond acceptors (Lipinski definition) is 2. The molecule has 0 aliphatic rings. The summed E-state index contributed by atoms with van der Waals surface area (Å²) >= 11 is 0. The molecular formula is C24H36O2Si. The van der Waals surface area contributed by atoms with Crippen LogP contribution in [0.5, 0.6) is 0 Å². The first-order chi connectivity index (χ1) is 12.5. The van der Waals surface area contributed by atoms with Gasteiger partial charge in [-0.3, -0.25) is 0 Å². The number of aliphatic hydroxyl groups excluding tert-OH is 1. The van der Waals surface area contributed by atoms with Gasteiger partial charge in [-0.2, -0.15) is 0 Å². The Morgan fingerprint density at radius 2 is 1.22 bits per heavy atom. The SMILES string of the molecule is CC(C)C(O)C(C)(C)CO[Si](c1ccccc1)(c1ccccc1)C(C)(C)C. The highest BCUT2D eigenvalue weighted by atomic mass is 28.4. The van der Waals surface area contributed by atoms with Crippen molar-refractivity contribution in [3.05, 3.63) is 60.7 Å². The van der Waals surface area contributed by atoms with E-state index in [4.69, 9.17) is 4.43 Å². The van der Waals surface area contributed by atoms with E-state index in [1.807, 2.05) is 0 Å². The predicted octanol–water partition coefficient (Wildman–Crippen LogP) is 4.61. The Bertz CT molecular complexity index is 663. The van der Waals surface area contributed by atoms with E-state index in [0.717, 1.165) is 0 Å². The molecule has 0 radical (unpaired) electrons. The summed E-state index contributed by atoms with van der Waals surface area (Å²) in [6, 6.07) is 21.3. The molecule has 0 aliphatic carbocycles. The van der Waals surface area contributed by atoms with Crippen molar-refractivity contribution in [2.24, 2.45) is 11.3 Å². The molecule has 3 heteroatoms. The van der Waals surface area contributed by atoms with Crippen molar-refractivity contribution in [1.82, 2.24) is 0 Å². The summed E-state index contributed by atoms with van der Waals surface area (Å²) in [6.45, 7) is 15.7. The Labute approximate surface area is 166 Å². The van der Waals surface area contributed by atoms with Gasteiger partial charge in [0, 0.05) is 12.0 Å². The van der Waals surface area contributed by atoms with Crippen molar-refractivity contribution in [2.45, 2.75) is 59.6 Å². The standard InChI is InChI=1S/C24H36O2Si/c1-19(2)22(25)24(6,7)18-26-27(23(3,4)5,20-14-10-8-11-15-20)21-16-12-9-13-17-21/h8-17,19,22,25H,18H2,1-7H3. The average molecular weight is 385 g/mol. The summed E-state index contributed by atoms with van der Waals surface area (Å²) in [5.74, 6) is 0.197. The Hall–Kier alpha value is -1.42. The maximum Gasteiger partial charge on any atom is 0.261 e. The minimum absolute atomic E-state index is 0.0471. The highest BCUT2D eigenvalue weighted by Crippen LogP contribution is 2.38. The van der Waals surface area contributed by atoms with Crippen LogP contribution >= 0.6 is 0 Å². The van der Waals surface area contributed by atoms with E-state index in [0.29, 0.717) is 6.61 Å². The summed E-state index contributed by atoms with van der Waals surface area (Å²) in [5.41, 5.74) is -0.318. The van der Waals surface area contributed by atoms with E-state index in [1.165, 1.54) is 10.4 Å². The molecule has 0 saturated heterocycles. The van der Waals surface area contributed by atoms with E-state index < -0.39 is 14.4 Å². The fraction of sp³-hybridized carbons (Fsp3) is 0.500. The Morgan fingerprint density at radius 3 is 1.56 bits per heavy atom. The molecule has 0 spiro atoms. The van der Waals surface area contributed by atoms with Crippen molar-refractivity contribution >= 4 is 18.7 Å². The lowest BCUT2D eigenvalue weighted by Crippen LogP contribution is -2.67. The van der Waals surface area contributed by atoms with Crippen LogP contribution in [0.1, 0.15) is 48.5 Å². The molecule has 2 aromatic rings. The fourth-order valence-electron chi connectivity index (χ4n) is 4.04. The van der Waals surface area contributed by atoms with Crippen LogP contribution in [0.4, 0.5) is 0 Å². The van der Waals surface area contributed by atoms with Crippen molar-refractivity contribution in [2.75, 3.05) is 6.61 Å². The van der Waals surface area contributed by atoms with E-state index in [1.54, 1.807) is 0 Å². The van der Waals surface area contributed by atoms with Gasteiger partial charge in [-0.1, -0.05) is 109 Å². The average Bonchev–Trinajstić information content (AvgIpc) is 2.62. The lowest BCUT2D eigenvalue weighted by atomic mass is 9.82. The van der Waals surface area contributed by atoms with Gasteiger partial charge in [-0.15, -0.1) is 0 Å². The van der Waals surface area contributed by atoms with Crippen LogP contribution < -0.4 is 10.4 Å². The molecule has 0 aliphatic heterocycles. The quantitative estimate of drug-likeness (QED) is 0.707. The third-order valence-corrected chi connectivity index (χ3v) is 10.5. The van der Waals surface area contributed by atoms with Crippen molar-refractivity contribution < 1.29 is 9.53 Å². The fourth-order valence-corrected chi connectivity index (χ4v) is 8.79. The molecule has 1 atom stereocenters. The van der Waals surface area contributed by atoms with Gasteiger partial charge in [0.2, 0.25) is 0 Å². The van der Waals surface area contributed by atoms with Crippen LogP contribution in [0.2, 0.25) is 5.04 Å². The molecular weight excluding hydrogens is 348 g/mol. The second kappa shape index (κ2) is 8.30. The van der Waals surface area contributed by atoms with Gasteiger partial charge in [0.05, 0.1) is 6.10 Å². The van der Waals surface area contributed by atoms with Gasteiger partial charge in [0.1, 0.15) is 0 Å². The van der Waals surface area contributed by atoms with Gasteiger partial charge < -0.3 is 9.53 Å². The van der Waals surface area contributed by atoms with Gasteiger partial charge in [-0.05, 0) is 21.3 Å².